The van der Waals surface area contributed by atoms with Crippen LogP contribution in [0, 0.1) is 0 Å². The molecule has 2 atom stereocenters. The van der Waals surface area contributed by atoms with Gasteiger partial charge in [0.05, 0.1) is 18.7 Å². The van der Waals surface area contributed by atoms with Crippen molar-refractivity contribution >= 4 is 6.03 Å². The summed E-state index contributed by atoms with van der Waals surface area (Å²) in [6.45, 7) is 4.46. The molecule has 4 nitrogen and oxygen atoms in total. The van der Waals surface area contributed by atoms with Crippen LogP contribution in [-0.4, -0.2) is 25.8 Å². The summed E-state index contributed by atoms with van der Waals surface area (Å²) >= 11 is 0. The molecule has 1 aromatic rings. The fourth-order valence-electron chi connectivity index (χ4n) is 2.86. The number of methoxy groups -OCH3 is 1. The van der Waals surface area contributed by atoms with E-state index in [4.69, 9.17) is 4.74 Å². The predicted molar refractivity (Wildman–Crippen MR) is 84.5 cm³/mol. The molecule has 0 spiro atoms. The van der Waals surface area contributed by atoms with Gasteiger partial charge in [0.15, 0.2) is 0 Å². The lowest BCUT2D eigenvalue weighted by Crippen LogP contribution is -2.43. The van der Waals surface area contributed by atoms with Crippen LogP contribution in [0.25, 0.3) is 0 Å². The summed E-state index contributed by atoms with van der Waals surface area (Å²) in [6.07, 6.45) is 4.91. The molecule has 0 heterocycles. The number of carbonyl (C=O) groups is 1. The number of carbonyl (C=O) groups excluding carboxylic acids is 1. The lowest BCUT2D eigenvalue weighted by Gasteiger charge is -2.21. The molecule has 0 saturated heterocycles. The van der Waals surface area contributed by atoms with E-state index < -0.39 is 0 Å². The monoisotopic (exact) mass is 290 g/mol. The van der Waals surface area contributed by atoms with Gasteiger partial charge in [-0.2, -0.15) is 0 Å². The largest absolute Gasteiger partial charge is 0.383 e. The smallest absolute Gasteiger partial charge is 0.315 e. The van der Waals surface area contributed by atoms with Crippen LogP contribution in [0.4, 0.5) is 4.79 Å². The summed E-state index contributed by atoms with van der Waals surface area (Å²) in [7, 11) is 1.63. The van der Waals surface area contributed by atoms with E-state index >= 15 is 0 Å². The highest BCUT2D eigenvalue weighted by molar-refractivity contribution is 5.74. The average Bonchev–Trinajstić information content (AvgIpc) is 2.46. The molecule has 2 amide bonds. The van der Waals surface area contributed by atoms with Crippen LogP contribution < -0.4 is 10.6 Å². The summed E-state index contributed by atoms with van der Waals surface area (Å²) in [6, 6.07) is 6.46. The Labute approximate surface area is 127 Å². The Hall–Kier alpha value is -1.55. The summed E-state index contributed by atoms with van der Waals surface area (Å²) in [5.74, 6) is 0. The number of rotatable bonds is 5. The van der Waals surface area contributed by atoms with Crippen molar-refractivity contribution in [1.82, 2.24) is 10.6 Å². The van der Waals surface area contributed by atoms with Crippen molar-refractivity contribution in [3.8, 4) is 0 Å². The minimum Gasteiger partial charge on any atom is -0.383 e. The number of aryl methyl sites for hydroxylation is 2. The second kappa shape index (κ2) is 7.46. The van der Waals surface area contributed by atoms with Crippen LogP contribution in [0.1, 0.15) is 49.4 Å². The molecular weight excluding hydrogens is 264 g/mol. The second-order valence-electron chi connectivity index (χ2n) is 5.93. The zero-order valence-electron chi connectivity index (χ0n) is 13.2. The zero-order chi connectivity index (χ0) is 15.2. The van der Waals surface area contributed by atoms with Crippen LogP contribution in [0.2, 0.25) is 0 Å². The molecule has 4 heteroatoms. The van der Waals surface area contributed by atoms with Crippen LogP contribution in [0.3, 0.4) is 0 Å². The summed E-state index contributed by atoms with van der Waals surface area (Å²) in [4.78, 5) is 11.9. The summed E-state index contributed by atoms with van der Waals surface area (Å²) in [5, 5.41) is 5.86. The van der Waals surface area contributed by atoms with Crippen molar-refractivity contribution in [2.75, 3.05) is 13.7 Å². The number of fused-ring (bicyclic) bond motifs is 1. The second-order valence-corrected chi connectivity index (χ2v) is 5.93. The van der Waals surface area contributed by atoms with Gasteiger partial charge in [0.1, 0.15) is 0 Å². The molecule has 1 aliphatic carbocycles. The third-order valence-corrected chi connectivity index (χ3v) is 4.01. The van der Waals surface area contributed by atoms with Gasteiger partial charge >= 0.3 is 6.03 Å². The van der Waals surface area contributed by atoms with Crippen LogP contribution in [0.15, 0.2) is 18.2 Å². The maximum absolute atomic E-state index is 11.9. The van der Waals surface area contributed by atoms with Gasteiger partial charge in [-0.05, 0) is 56.2 Å². The highest BCUT2D eigenvalue weighted by Gasteiger charge is 2.14. The maximum Gasteiger partial charge on any atom is 0.315 e. The highest BCUT2D eigenvalue weighted by Crippen LogP contribution is 2.24. The Morgan fingerprint density at radius 1 is 1.19 bits per heavy atom. The quantitative estimate of drug-likeness (QED) is 0.876. The topological polar surface area (TPSA) is 50.4 Å². The molecule has 0 bridgehead atoms. The summed E-state index contributed by atoms with van der Waals surface area (Å²) < 4.78 is 5.01. The molecule has 0 radical (unpaired) electrons. The first-order chi connectivity index (χ1) is 10.1. The Morgan fingerprint density at radius 2 is 1.90 bits per heavy atom. The standard InChI is InChI=1S/C17H26N2O2/c1-12(11-21-3)18-17(20)19-13(2)15-9-8-14-6-4-5-7-16(14)10-15/h8-10,12-13H,4-7,11H2,1-3H3,(H2,18,19,20). The van der Waals surface area contributed by atoms with Gasteiger partial charge in [-0.1, -0.05) is 18.2 Å². The molecule has 1 aliphatic rings. The van der Waals surface area contributed by atoms with E-state index in [1.165, 1.54) is 36.0 Å². The third kappa shape index (κ3) is 4.46. The Bertz CT molecular complexity index is 488. The van der Waals surface area contributed by atoms with Gasteiger partial charge in [-0.15, -0.1) is 0 Å². The first-order valence-electron chi connectivity index (χ1n) is 7.78. The van der Waals surface area contributed by atoms with Crippen LogP contribution >= 0.6 is 0 Å². The first kappa shape index (κ1) is 15.8. The van der Waals surface area contributed by atoms with E-state index in [9.17, 15) is 4.79 Å². The lowest BCUT2D eigenvalue weighted by atomic mass is 9.89. The summed E-state index contributed by atoms with van der Waals surface area (Å²) in [5.41, 5.74) is 4.08. The van der Waals surface area contributed by atoms with Gasteiger partial charge in [0, 0.05) is 7.11 Å². The van der Waals surface area contributed by atoms with Crippen molar-refractivity contribution in [3.05, 3.63) is 34.9 Å². The molecule has 0 fully saturated rings. The lowest BCUT2D eigenvalue weighted by molar-refractivity contribution is 0.170. The van der Waals surface area contributed by atoms with E-state index in [-0.39, 0.29) is 18.1 Å². The molecule has 2 rings (SSSR count). The Morgan fingerprint density at radius 3 is 2.62 bits per heavy atom. The minimum absolute atomic E-state index is 0.00531. The van der Waals surface area contributed by atoms with Gasteiger partial charge < -0.3 is 15.4 Å². The van der Waals surface area contributed by atoms with Crippen molar-refractivity contribution in [1.29, 1.82) is 0 Å². The number of urea groups is 1. The average molecular weight is 290 g/mol. The first-order valence-corrected chi connectivity index (χ1v) is 7.78. The number of benzene rings is 1. The van der Waals surface area contributed by atoms with Gasteiger partial charge in [-0.3, -0.25) is 0 Å². The fourth-order valence-corrected chi connectivity index (χ4v) is 2.86. The van der Waals surface area contributed by atoms with E-state index in [1.807, 2.05) is 13.8 Å². The third-order valence-electron chi connectivity index (χ3n) is 4.01. The molecule has 2 N–H and O–H groups in total. The molecular formula is C17H26N2O2. The van der Waals surface area contributed by atoms with E-state index in [2.05, 4.69) is 28.8 Å². The molecule has 0 aromatic heterocycles. The van der Waals surface area contributed by atoms with Crippen molar-refractivity contribution in [2.45, 2.75) is 51.6 Å². The zero-order valence-corrected chi connectivity index (χ0v) is 13.2. The number of amides is 2. The Kier molecular flexibility index (Phi) is 5.62. The number of nitrogens with one attached hydrogen (secondary N) is 2. The van der Waals surface area contributed by atoms with Crippen LogP contribution in [0.5, 0.6) is 0 Å². The van der Waals surface area contributed by atoms with Crippen molar-refractivity contribution in [3.63, 3.8) is 0 Å². The molecule has 1 aromatic carbocycles. The van der Waals surface area contributed by atoms with Crippen molar-refractivity contribution < 1.29 is 9.53 Å². The maximum atomic E-state index is 11.9. The normalized spacial score (nSPS) is 16.7. The molecule has 0 aliphatic heterocycles. The SMILES string of the molecule is COCC(C)NC(=O)NC(C)c1ccc2c(c1)CCCC2. The number of hydrogen-bond donors (Lipinski definition) is 2. The molecule has 116 valence electrons. The minimum atomic E-state index is -0.148. The van der Waals surface area contributed by atoms with Gasteiger partial charge in [-0.25, -0.2) is 4.79 Å². The number of hydrogen-bond acceptors (Lipinski definition) is 2. The highest BCUT2D eigenvalue weighted by atomic mass is 16.5. The predicted octanol–water partition coefficient (Wildman–Crippen LogP) is 2.96. The fraction of sp³-hybridized carbons (Fsp3) is 0.588. The van der Waals surface area contributed by atoms with E-state index in [0.717, 1.165) is 6.42 Å². The van der Waals surface area contributed by atoms with Gasteiger partial charge in [0.25, 0.3) is 0 Å². The molecule has 2 unspecified atom stereocenters. The van der Waals surface area contributed by atoms with E-state index in [0.29, 0.717) is 6.61 Å². The number of ether oxygens (including phenoxy) is 1. The molecule has 0 saturated carbocycles. The Balaban J connectivity index is 1.93. The van der Waals surface area contributed by atoms with Crippen molar-refractivity contribution in [2.24, 2.45) is 0 Å². The van der Waals surface area contributed by atoms with Gasteiger partial charge in [0.2, 0.25) is 0 Å². The molecule has 21 heavy (non-hydrogen) atoms. The van der Waals surface area contributed by atoms with E-state index in [1.54, 1.807) is 7.11 Å². The van der Waals surface area contributed by atoms with Crippen LogP contribution in [-0.2, 0) is 17.6 Å².